The van der Waals surface area contributed by atoms with Crippen molar-refractivity contribution in [3.63, 3.8) is 0 Å². The molecule has 1 aromatic heterocycles. The number of hydrogen-bond acceptors (Lipinski definition) is 3. The lowest BCUT2D eigenvalue weighted by atomic mass is 10.2. The van der Waals surface area contributed by atoms with E-state index in [0.29, 0.717) is 0 Å². The molecule has 0 aliphatic heterocycles. The molecule has 2 aromatic rings. The monoisotopic (exact) mass is 315 g/mol. The normalized spacial score (nSPS) is 11.2. The summed E-state index contributed by atoms with van der Waals surface area (Å²) < 4.78 is 40.7. The van der Waals surface area contributed by atoms with Crippen LogP contribution in [0, 0.1) is 6.92 Å². The van der Waals surface area contributed by atoms with Crippen LogP contribution in [0.5, 0.6) is 5.75 Å². The Balaban J connectivity index is 2.07. The van der Waals surface area contributed by atoms with Gasteiger partial charge in [-0.05, 0) is 31.2 Å². The maximum absolute atomic E-state index is 12.3. The van der Waals surface area contributed by atoms with Crippen molar-refractivity contribution in [3.05, 3.63) is 46.2 Å². The Morgan fingerprint density at radius 1 is 1.24 bits per heavy atom. The van der Waals surface area contributed by atoms with Gasteiger partial charge in [-0.25, -0.2) is 0 Å². The fourth-order valence-electron chi connectivity index (χ4n) is 1.72. The molecule has 3 nitrogen and oxygen atoms in total. The summed E-state index contributed by atoms with van der Waals surface area (Å²) in [5.41, 5.74) is -0.00639. The van der Waals surface area contributed by atoms with Gasteiger partial charge in [0.05, 0.1) is 12.1 Å². The van der Waals surface area contributed by atoms with Crippen molar-refractivity contribution < 1.29 is 22.7 Å². The number of rotatable bonds is 4. The minimum Gasteiger partial charge on any atom is -0.404 e. The Labute approximate surface area is 123 Å². The standard InChI is InChI=1S/C14H12F3NO2S/c1-9-6-7-10(21-9)8-13(19)18-11-4-2-3-5-12(11)20-14(15,16)17/h2-7H,8H2,1H3,(H,18,19). The van der Waals surface area contributed by atoms with Crippen molar-refractivity contribution in [1.29, 1.82) is 0 Å². The lowest BCUT2D eigenvalue weighted by molar-refractivity contribution is -0.274. The molecule has 0 saturated carbocycles. The zero-order chi connectivity index (χ0) is 15.5. The van der Waals surface area contributed by atoms with Gasteiger partial charge in [-0.3, -0.25) is 4.79 Å². The van der Waals surface area contributed by atoms with Crippen molar-refractivity contribution in [1.82, 2.24) is 0 Å². The predicted molar refractivity (Wildman–Crippen MR) is 74.5 cm³/mol. The average Bonchev–Trinajstić information content (AvgIpc) is 2.75. The number of anilines is 1. The van der Waals surface area contributed by atoms with E-state index in [4.69, 9.17) is 0 Å². The van der Waals surface area contributed by atoms with Crippen LogP contribution in [0.4, 0.5) is 18.9 Å². The second kappa shape index (κ2) is 6.17. The zero-order valence-corrected chi connectivity index (χ0v) is 11.8. The molecule has 21 heavy (non-hydrogen) atoms. The highest BCUT2D eigenvalue weighted by Crippen LogP contribution is 2.30. The summed E-state index contributed by atoms with van der Waals surface area (Å²) in [5.74, 6) is -0.823. The van der Waals surface area contributed by atoms with E-state index in [0.717, 1.165) is 15.8 Å². The third kappa shape index (κ3) is 4.78. The number of para-hydroxylation sites is 2. The second-order valence-corrected chi connectivity index (χ2v) is 5.65. The van der Waals surface area contributed by atoms with Gasteiger partial charge >= 0.3 is 6.36 Å². The number of nitrogens with one attached hydrogen (secondary N) is 1. The fourth-order valence-corrected chi connectivity index (χ4v) is 2.61. The van der Waals surface area contributed by atoms with Gasteiger partial charge in [0.25, 0.3) is 0 Å². The zero-order valence-electron chi connectivity index (χ0n) is 11.0. The molecule has 2 rings (SSSR count). The summed E-state index contributed by atoms with van der Waals surface area (Å²) in [6.45, 7) is 1.92. The van der Waals surface area contributed by atoms with E-state index in [-0.39, 0.29) is 12.1 Å². The molecule has 0 aliphatic rings. The molecule has 0 aliphatic carbocycles. The Morgan fingerprint density at radius 3 is 2.57 bits per heavy atom. The van der Waals surface area contributed by atoms with Crippen LogP contribution in [0.15, 0.2) is 36.4 Å². The molecule has 112 valence electrons. The molecule has 0 radical (unpaired) electrons. The quantitative estimate of drug-likeness (QED) is 0.921. The molecule has 1 heterocycles. The first kappa shape index (κ1) is 15.4. The minimum absolute atomic E-state index is 0.00639. The van der Waals surface area contributed by atoms with Crippen LogP contribution in [0.1, 0.15) is 9.75 Å². The van der Waals surface area contributed by atoms with Crippen LogP contribution < -0.4 is 10.1 Å². The fraction of sp³-hybridized carbons (Fsp3) is 0.214. The van der Waals surface area contributed by atoms with Crippen LogP contribution in [-0.2, 0) is 11.2 Å². The van der Waals surface area contributed by atoms with Gasteiger partial charge in [-0.15, -0.1) is 24.5 Å². The van der Waals surface area contributed by atoms with Crippen molar-refractivity contribution in [2.75, 3.05) is 5.32 Å². The topological polar surface area (TPSA) is 38.3 Å². The Kier molecular flexibility index (Phi) is 4.52. The smallest absolute Gasteiger partial charge is 0.404 e. The maximum Gasteiger partial charge on any atom is 0.573 e. The molecular weight excluding hydrogens is 303 g/mol. The van der Waals surface area contributed by atoms with E-state index in [1.807, 2.05) is 19.1 Å². The Hall–Kier alpha value is -2.02. The molecule has 0 atom stereocenters. The molecular formula is C14H12F3NO2S. The summed E-state index contributed by atoms with van der Waals surface area (Å²) in [7, 11) is 0. The first-order valence-electron chi connectivity index (χ1n) is 6.03. The van der Waals surface area contributed by atoms with Crippen LogP contribution >= 0.6 is 11.3 Å². The number of benzene rings is 1. The first-order chi connectivity index (χ1) is 9.83. The molecule has 0 saturated heterocycles. The van der Waals surface area contributed by atoms with Gasteiger partial charge in [0.1, 0.15) is 0 Å². The summed E-state index contributed by atoms with van der Waals surface area (Å²) in [6, 6.07) is 9.14. The van der Waals surface area contributed by atoms with E-state index in [1.165, 1.54) is 29.5 Å². The lowest BCUT2D eigenvalue weighted by Gasteiger charge is -2.13. The summed E-state index contributed by atoms with van der Waals surface area (Å²) in [4.78, 5) is 13.8. The van der Waals surface area contributed by atoms with Gasteiger partial charge in [0.15, 0.2) is 5.75 Å². The van der Waals surface area contributed by atoms with Crippen LogP contribution in [0.3, 0.4) is 0 Å². The summed E-state index contributed by atoms with van der Waals surface area (Å²) >= 11 is 1.47. The molecule has 1 N–H and O–H groups in total. The van der Waals surface area contributed by atoms with Crippen molar-refractivity contribution in [2.24, 2.45) is 0 Å². The maximum atomic E-state index is 12.3. The second-order valence-electron chi connectivity index (χ2n) is 4.28. The molecule has 0 fully saturated rings. The van der Waals surface area contributed by atoms with Gasteiger partial charge in [0.2, 0.25) is 5.91 Å². The van der Waals surface area contributed by atoms with E-state index in [2.05, 4.69) is 10.1 Å². The van der Waals surface area contributed by atoms with Crippen LogP contribution in [-0.4, -0.2) is 12.3 Å². The SMILES string of the molecule is Cc1ccc(CC(=O)Nc2ccccc2OC(F)(F)F)s1. The number of amides is 1. The average molecular weight is 315 g/mol. The Morgan fingerprint density at radius 2 is 1.95 bits per heavy atom. The number of carbonyl (C=O) groups is 1. The molecule has 0 bridgehead atoms. The number of aryl methyl sites for hydroxylation is 1. The van der Waals surface area contributed by atoms with Crippen molar-refractivity contribution in [2.45, 2.75) is 19.7 Å². The number of carbonyl (C=O) groups excluding carboxylic acids is 1. The van der Waals surface area contributed by atoms with E-state index < -0.39 is 18.0 Å². The summed E-state index contributed by atoms with van der Waals surface area (Å²) in [5, 5.41) is 2.43. The van der Waals surface area contributed by atoms with Crippen molar-refractivity contribution in [3.8, 4) is 5.75 Å². The van der Waals surface area contributed by atoms with Crippen LogP contribution in [0.2, 0.25) is 0 Å². The van der Waals surface area contributed by atoms with Crippen molar-refractivity contribution >= 4 is 22.9 Å². The predicted octanol–water partition coefficient (Wildman–Crippen LogP) is 4.14. The third-order valence-electron chi connectivity index (χ3n) is 2.52. The van der Waals surface area contributed by atoms with Gasteiger partial charge in [-0.1, -0.05) is 12.1 Å². The number of thiophene rings is 1. The van der Waals surface area contributed by atoms with E-state index in [9.17, 15) is 18.0 Å². The molecule has 7 heteroatoms. The van der Waals surface area contributed by atoms with E-state index in [1.54, 1.807) is 0 Å². The van der Waals surface area contributed by atoms with Gasteiger partial charge < -0.3 is 10.1 Å². The lowest BCUT2D eigenvalue weighted by Crippen LogP contribution is -2.20. The Bertz CT molecular complexity index is 637. The van der Waals surface area contributed by atoms with Gasteiger partial charge in [0, 0.05) is 9.75 Å². The molecule has 1 amide bonds. The number of hydrogen-bond donors (Lipinski definition) is 1. The molecule has 0 unspecified atom stereocenters. The highest BCUT2D eigenvalue weighted by atomic mass is 32.1. The molecule has 0 spiro atoms. The highest BCUT2D eigenvalue weighted by molar-refractivity contribution is 7.12. The van der Waals surface area contributed by atoms with Gasteiger partial charge in [-0.2, -0.15) is 0 Å². The number of ether oxygens (including phenoxy) is 1. The largest absolute Gasteiger partial charge is 0.573 e. The number of alkyl halides is 3. The number of halogens is 3. The summed E-state index contributed by atoms with van der Waals surface area (Å²) in [6.07, 6.45) is -4.69. The third-order valence-corrected chi connectivity index (χ3v) is 3.52. The van der Waals surface area contributed by atoms with E-state index >= 15 is 0 Å². The van der Waals surface area contributed by atoms with Crippen LogP contribution in [0.25, 0.3) is 0 Å². The molecule has 1 aromatic carbocycles. The first-order valence-corrected chi connectivity index (χ1v) is 6.85. The highest BCUT2D eigenvalue weighted by Gasteiger charge is 2.32. The minimum atomic E-state index is -4.80.